The molecular formula is C13H17NO3. The minimum atomic E-state index is -0.860. The molecule has 0 aliphatic heterocycles. The summed E-state index contributed by atoms with van der Waals surface area (Å²) < 4.78 is 0. The van der Waals surface area contributed by atoms with Crippen LogP contribution in [-0.2, 0) is 17.6 Å². The zero-order valence-corrected chi connectivity index (χ0v) is 9.65. The summed E-state index contributed by atoms with van der Waals surface area (Å²) >= 11 is 0. The first-order chi connectivity index (χ1) is 8.08. The van der Waals surface area contributed by atoms with Crippen molar-refractivity contribution < 1.29 is 15.0 Å². The number of aryl methyl sites for hydroxylation is 2. The Bertz CT molecular complexity index is 443. The molecule has 1 aromatic rings. The van der Waals surface area contributed by atoms with Gasteiger partial charge in [0.15, 0.2) is 0 Å². The number of carboxylic acid groups (broad SMARTS) is 1. The van der Waals surface area contributed by atoms with Crippen molar-refractivity contribution in [2.75, 3.05) is 0 Å². The van der Waals surface area contributed by atoms with Gasteiger partial charge in [-0.15, -0.1) is 0 Å². The van der Waals surface area contributed by atoms with Gasteiger partial charge in [-0.1, -0.05) is 6.07 Å². The Morgan fingerprint density at radius 3 is 2.65 bits per heavy atom. The fourth-order valence-corrected chi connectivity index (χ4v) is 2.36. The van der Waals surface area contributed by atoms with Crippen molar-refractivity contribution in [3.8, 4) is 5.75 Å². The van der Waals surface area contributed by atoms with E-state index < -0.39 is 12.0 Å². The molecule has 1 aliphatic rings. The molecule has 1 atom stereocenters. The molecule has 0 fully saturated rings. The molecular weight excluding hydrogens is 218 g/mol. The van der Waals surface area contributed by atoms with Gasteiger partial charge >= 0.3 is 5.97 Å². The number of rotatable bonds is 4. The lowest BCUT2D eigenvalue weighted by atomic mass is 9.97. The number of nitrogens with two attached hydrogens (primary N) is 1. The van der Waals surface area contributed by atoms with Crippen LogP contribution in [0.1, 0.15) is 42.0 Å². The van der Waals surface area contributed by atoms with Crippen LogP contribution in [0.3, 0.4) is 0 Å². The van der Waals surface area contributed by atoms with Gasteiger partial charge < -0.3 is 15.9 Å². The Morgan fingerprint density at radius 1 is 1.35 bits per heavy atom. The number of phenolic OH excluding ortho intramolecular Hbond substituents is 1. The van der Waals surface area contributed by atoms with E-state index in [1.165, 1.54) is 11.1 Å². The summed E-state index contributed by atoms with van der Waals surface area (Å²) in [6, 6.07) is 3.31. The van der Waals surface area contributed by atoms with E-state index in [1.807, 2.05) is 6.07 Å². The Hall–Kier alpha value is -1.55. The molecule has 0 heterocycles. The minimum absolute atomic E-state index is 0.0255. The molecule has 4 nitrogen and oxygen atoms in total. The predicted octanol–water partition coefficient (Wildman–Crippen LogP) is 1.75. The van der Waals surface area contributed by atoms with Crippen molar-refractivity contribution in [3.05, 3.63) is 28.8 Å². The second kappa shape index (κ2) is 4.75. The smallest absolute Gasteiger partial charge is 0.303 e. The maximum atomic E-state index is 10.5. The van der Waals surface area contributed by atoms with Crippen molar-refractivity contribution in [1.82, 2.24) is 0 Å². The summed E-state index contributed by atoms with van der Waals surface area (Å²) in [5, 5.41) is 18.5. The van der Waals surface area contributed by atoms with E-state index in [4.69, 9.17) is 10.8 Å². The molecule has 92 valence electrons. The number of carbonyl (C=O) groups is 1. The normalized spacial score (nSPS) is 15.6. The highest BCUT2D eigenvalue weighted by molar-refractivity contribution is 5.66. The average molecular weight is 235 g/mol. The van der Waals surface area contributed by atoms with Gasteiger partial charge in [0.1, 0.15) is 5.75 Å². The number of aromatic hydroxyl groups is 1. The molecule has 0 saturated heterocycles. The zero-order valence-electron chi connectivity index (χ0n) is 9.65. The first-order valence-electron chi connectivity index (χ1n) is 5.90. The van der Waals surface area contributed by atoms with Crippen LogP contribution in [0.15, 0.2) is 12.1 Å². The quantitative estimate of drug-likeness (QED) is 0.742. The van der Waals surface area contributed by atoms with E-state index in [2.05, 4.69) is 0 Å². The van der Waals surface area contributed by atoms with Gasteiger partial charge in [-0.25, -0.2) is 0 Å². The van der Waals surface area contributed by atoms with E-state index in [9.17, 15) is 9.90 Å². The monoisotopic (exact) mass is 235 g/mol. The van der Waals surface area contributed by atoms with E-state index in [-0.39, 0.29) is 12.2 Å². The summed E-state index contributed by atoms with van der Waals surface area (Å²) in [6.07, 6.45) is 3.52. The molecule has 0 spiro atoms. The topological polar surface area (TPSA) is 83.6 Å². The highest BCUT2D eigenvalue weighted by Crippen LogP contribution is 2.33. The van der Waals surface area contributed by atoms with E-state index >= 15 is 0 Å². The summed E-state index contributed by atoms with van der Waals surface area (Å²) in [4.78, 5) is 10.5. The molecule has 0 amide bonds. The molecule has 0 saturated carbocycles. The largest absolute Gasteiger partial charge is 0.508 e. The molecule has 2 rings (SSSR count). The fourth-order valence-electron chi connectivity index (χ4n) is 2.36. The van der Waals surface area contributed by atoms with Crippen LogP contribution in [0.4, 0.5) is 0 Å². The third kappa shape index (κ3) is 2.58. The molecule has 1 aromatic carbocycles. The molecule has 0 bridgehead atoms. The van der Waals surface area contributed by atoms with E-state index in [0.29, 0.717) is 12.0 Å². The van der Waals surface area contributed by atoms with Crippen LogP contribution in [0.5, 0.6) is 5.75 Å². The second-order valence-electron chi connectivity index (χ2n) is 4.57. The number of hydrogen-bond acceptors (Lipinski definition) is 3. The molecule has 0 radical (unpaired) electrons. The van der Waals surface area contributed by atoms with Crippen LogP contribution in [-0.4, -0.2) is 16.2 Å². The first-order valence-corrected chi connectivity index (χ1v) is 5.90. The highest BCUT2D eigenvalue weighted by Gasteiger charge is 2.18. The Labute approximate surface area is 100 Å². The van der Waals surface area contributed by atoms with Crippen LogP contribution in [0.25, 0.3) is 0 Å². The lowest BCUT2D eigenvalue weighted by Gasteiger charge is -2.14. The third-order valence-electron chi connectivity index (χ3n) is 3.31. The van der Waals surface area contributed by atoms with Crippen molar-refractivity contribution in [1.29, 1.82) is 0 Å². The van der Waals surface area contributed by atoms with Gasteiger partial charge in [-0.3, -0.25) is 4.79 Å². The second-order valence-corrected chi connectivity index (χ2v) is 4.57. The Balaban J connectivity index is 2.17. The maximum Gasteiger partial charge on any atom is 0.303 e. The van der Waals surface area contributed by atoms with Crippen molar-refractivity contribution in [2.45, 2.75) is 38.1 Å². The molecule has 0 aromatic heterocycles. The van der Waals surface area contributed by atoms with Gasteiger partial charge in [0, 0.05) is 18.0 Å². The summed E-state index contributed by atoms with van der Waals surface area (Å²) in [5.74, 6) is -0.662. The molecule has 4 N–H and O–H groups in total. The molecule has 4 heteroatoms. The van der Waals surface area contributed by atoms with Crippen LogP contribution in [0.2, 0.25) is 0 Å². The Morgan fingerprint density at radius 2 is 2.00 bits per heavy atom. The van der Waals surface area contributed by atoms with Gasteiger partial charge in [0.2, 0.25) is 0 Å². The summed E-state index contributed by atoms with van der Waals surface area (Å²) in [7, 11) is 0. The van der Waals surface area contributed by atoms with Crippen LogP contribution >= 0.6 is 0 Å². The van der Waals surface area contributed by atoms with Gasteiger partial charge in [0.05, 0.1) is 0 Å². The van der Waals surface area contributed by atoms with Crippen LogP contribution < -0.4 is 5.73 Å². The van der Waals surface area contributed by atoms with Crippen molar-refractivity contribution >= 4 is 5.97 Å². The van der Waals surface area contributed by atoms with Gasteiger partial charge in [-0.2, -0.15) is 0 Å². The standard InChI is InChI=1S/C13H17NO3/c14-11(4-5-13(16)17)10-6-8-2-1-3-9(8)7-12(10)15/h6-7,11,15H,1-5,14H2,(H,16,17). The van der Waals surface area contributed by atoms with Crippen molar-refractivity contribution in [2.24, 2.45) is 5.73 Å². The van der Waals surface area contributed by atoms with Crippen LogP contribution in [0, 0.1) is 0 Å². The lowest BCUT2D eigenvalue weighted by molar-refractivity contribution is -0.137. The average Bonchev–Trinajstić information content (AvgIpc) is 2.71. The number of carboxylic acids is 1. The number of aliphatic carboxylic acids is 1. The summed E-state index contributed by atoms with van der Waals surface area (Å²) in [6.45, 7) is 0. The molecule has 17 heavy (non-hydrogen) atoms. The number of fused-ring (bicyclic) bond motifs is 1. The van der Waals surface area contributed by atoms with Gasteiger partial charge in [0.25, 0.3) is 0 Å². The zero-order chi connectivity index (χ0) is 12.4. The third-order valence-corrected chi connectivity index (χ3v) is 3.31. The van der Waals surface area contributed by atoms with E-state index in [0.717, 1.165) is 19.3 Å². The lowest BCUT2D eigenvalue weighted by Crippen LogP contribution is -2.13. The maximum absolute atomic E-state index is 10.5. The molecule has 1 unspecified atom stereocenters. The number of phenols is 1. The fraction of sp³-hybridized carbons (Fsp3) is 0.462. The van der Waals surface area contributed by atoms with E-state index in [1.54, 1.807) is 6.07 Å². The Kier molecular flexibility index (Phi) is 3.33. The SMILES string of the molecule is NC(CCC(=O)O)c1cc2c(cc1O)CCC2. The summed E-state index contributed by atoms with van der Waals surface area (Å²) in [5.41, 5.74) is 9.02. The number of hydrogen-bond donors (Lipinski definition) is 3. The predicted molar refractivity (Wildman–Crippen MR) is 63.9 cm³/mol. The molecule has 1 aliphatic carbocycles. The number of benzene rings is 1. The highest BCUT2D eigenvalue weighted by atomic mass is 16.4. The first kappa shape index (κ1) is 11.9. The minimum Gasteiger partial charge on any atom is -0.508 e. The van der Waals surface area contributed by atoms with Crippen molar-refractivity contribution in [3.63, 3.8) is 0 Å². The van der Waals surface area contributed by atoms with Gasteiger partial charge in [-0.05, 0) is 42.9 Å².